The number of sulfonamides is 1. The van der Waals surface area contributed by atoms with Crippen LogP contribution in [-0.2, 0) is 14.8 Å². The number of carbonyl (C=O) groups excluding carboxylic acids is 1. The number of aryl methyl sites for hydroxylation is 1. The summed E-state index contributed by atoms with van der Waals surface area (Å²) in [4.78, 5) is 17.3. The molecule has 3 rings (SSSR count). The minimum absolute atomic E-state index is 0.0825. The zero-order valence-corrected chi connectivity index (χ0v) is 16.5. The Balaban J connectivity index is 1.92. The molecule has 1 unspecified atom stereocenters. The first-order valence-electron chi connectivity index (χ1n) is 9.09. The molecule has 8 heteroatoms. The number of hydrogen-bond donors (Lipinski definition) is 2. The first-order chi connectivity index (χ1) is 13.3. The molecule has 2 N–H and O–H groups in total. The molecule has 0 saturated carbocycles. The second-order valence-electron chi connectivity index (χ2n) is 6.71. The van der Waals surface area contributed by atoms with Gasteiger partial charge in [0.05, 0.1) is 10.6 Å². The van der Waals surface area contributed by atoms with E-state index in [1.165, 1.54) is 12.1 Å². The van der Waals surface area contributed by atoms with Gasteiger partial charge in [0, 0.05) is 5.56 Å². The van der Waals surface area contributed by atoms with Gasteiger partial charge in [0.25, 0.3) is 10.0 Å². The largest absolute Gasteiger partial charge is 0.322 e. The first kappa shape index (κ1) is 20.0. The molecule has 1 aliphatic heterocycles. The van der Waals surface area contributed by atoms with Gasteiger partial charge in [0.1, 0.15) is 17.7 Å². The minimum atomic E-state index is -3.69. The fourth-order valence-corrected chi connectivity index (χ4v) is 4.23. The Labute approximate surface area is 163 Å². The third kappa shape index (κ3) is 4.22. The standard InChI is InChI=1S/C20H22FN3O3S/c1-3-4-8-16(20(25)23-17-12-13(2)10-11-15(17)21)22-19-14-7-5-6-9-18(14)28(26,27)24-19/h5-7,9-12,16H,3-4,8H2,1-2H3,(H,22,24)(H,23,25). The Morgan fingerprint density at radius 1 is 1.25 bits per heavy atom. The van der Waals surface area contributed by atoms with Crippen molar-refractivity contribution in [1.82, 2.24) is 4.72 Å². The number of rotatable bonds is 6. The average Bonchev–Trinajstić information content (AvgIpc) is 2.92. The molecule has 1 heterocycles. The van der Waals surface area contributed by atoms with Gasteiger partial charge in [-0.05, 0) is 43.2 Å². The summed E-state index contributed by atoms with van der Waals surface area (Å²) in [6.07, 6.45) is 1.98. The van der Waals surface area contributed by atoms with Crippen LogP contribution in [0.15, 0.2) is 52.4 Å². The van der Waals surface area contributed by atoms with Crippen LogP contribution < -0.4 is 10.0 Å². The number of hydrogen-bond acceptors (Lipinski definition) is 4. The van der Waals surface area contributed by atoms with Gasteiger partial charge in [0.2, 0.25) is 5.91 Å². The van der Waals surface area contributed by atoms with Crippen molar-refractivity contribution in [3.05, 3.63) is 59.4 Å². The first-order valence-corrected chi connectivity index (χ1v) is 10.6. The van der Waals surface area contributed by atoms with E-state index in [1.807, 2.05) is 6.92 Å². The lowest BCUT2D eigenvalue weighted by Gasteiger charge is -2.14. The van der Waals surface area contributed by atoms with Crippen molar-refractivity contribution < 1.29 is 17.6 Å². The van der Waals surface area contributed by atoms with Crippen molar-refractivity contribution in [2.75, 3.05) is 5.32 Å². The summed E-state index contributed by atoms with van der Waals surface area (Å²) in [6.45, 7) is 3.78. The summed E-state index contributed by atoms with van der Waals surface area (Å²) in [5.74, 6) is -0.877. The molecule has 2 aromatic carbocycles. The van der Waals surface area contributed by atoms with E-state index in [1.54, 1.807) is 37.3 Å². The monoisotopic (exact) mass is 403 g/mol. The average molecular weight is 403 g/mol. The van der Waals surface area contributed by atoms with E-state index in [4.69, 9.17) is 0 Å². The Hall–Kier alpha value is -2.74. The molecular formula is C20H22FN3O3S. The third-order valence-corrected chi connectivity index (χ3v) is 5.86. The van der Waals surface area contributed by atoms with E-state index in [0.29, 0.717) is 12.0 Å². The summed E-state index contributed by atoms with van der Waals surface area (Å²) in [6, 6.07) is 10.1. The van der Waals surface area contributed by atoms with Crippen molar-refractivity contribution in [3.8, 4) is 0 Å². The number of unbranched alkanes of at least 4 members (excludes halogenated alkanes) is 1. The SMILES string of the molecule is CCCCC(N=C1NS(=O)(=O)c2ccccc21)C(=O)Nc1cc(C)ccc1F. The van der Waals surface area contributed by atoms with E-state index < -0.39 is 27.8 Å². The van der Waals surface area contributed by atoms with E-state index in [-0.39, 0.29) is 16.4 Å². The molecule has 0 radical (unpaired) electrons. The fourth-order valence-electron chi connectivity index (χ4n) is 2.99. The van der Waals surface area contributed by atoms with Gasteiger partial charge in [0.15, 0.2) is 0 Å². The molecule has 0 fully saturated rings. The van der Waals surface area contributed by atoms with Crippen molar-refractivity contribution >= 4 is 27.5 Å². The van der Waals surface area contributed by atoms with Crippen LogP contribution in [-0.4, -0.2) is 26.2 Å². The molecule has 0 saturated heterocycles. The maximum Gasteiger partial charge on any atom is 0.263 e. The summed E-state index contributed by atoms with van der Waals surface area (Å²) in [5.41, 5.74) is 1.32. The normalized spacial score (nSPS) is 17.0. The molecule has 0 aromatic heterocycles. The molecule has 6 nitrogen and oxygen atoms in total. The predicted octanol–water partition coefficient (Wildman–Crippen LogP) is 3.37. The number of carbonyl (C=O) groups is 1. The van der Waals surface area contributed by atoms with E-state index in [2.05, 4.69) is 15.0 Å². The molecule has 0 bridgehead atoms. The molecule has 1 amide bonds. The van der Waals surface area contributed by atoms with Crippen LogP contribution in [0, 0.1) is 12.7 Å². The van der Waals surface area contributed by atoms with Gasteiger partial charge in [-0.25, -0.2) is 12.8 Å². The van der Waals surface area contributed by atoms with Gasteiger partial charge in [-0.15, -0.1) is 0 Å². The molecule has 148 valence electrons. The number of anilines is 1. The topological polar surface area (TPSA) is 87.6 Å². The highest BCUT2D eigenvalue weighted by Crippen LogP contribution is 2.24. The van der Waals surface area contributed by atoms with Crippen LogP contribution in [0.5, 0.6) is 0 Å². The molecular weight excluding hydrogens is 381 g/mol. The van der Waals surface area contributed by atoms with E-state index in [0.717, 1.165) is 18.4 Å². The van der Waals surface area contributed by atoms with Gasteiger partial charge in [-0.2, -0.15) is 0 Å². The lowest BCUT2D eigenvalue weighted by molar-refractivity contribution is -0.117. The highest BCUT2D eigenvalue weighted by molar-refractivity contribution is 7.90. The van der Waals surface area contributed by atoms with Gasteiger partial charge < -0.3 is 5.32 Å². The van der Waals surface area contributed by atoms with Crippen LogP contribution in [0.1, 0.15) is 37.3 Å². The number of halogens is 1. The molecule has 0 aliphatic carbocycles. The summed E-state index contributed by atoms with van der Waals surface area (Å²) < 4.78 is 40.9. The Kier molecular flexibility index (Phi) is 5.79. The Bertz CT molecular complexity index is 1030. The van der Waals surface area contributed by atoms with Crippen LogP contribution >= 0.6 is 0 Å². The molecule has 1 atom stereocenters. The molecule has 28 heavy (non-hydrogen) atoms. The van der Waals surface area contributed by atoms with E-state index >= 15 is 0 Å². The second kappa shape index (κ2) is 8.10. The lowest BCUT2D eigenvalue weighted by Crippen LogP contribution is -2.31. The second-order valence-corrected chi connectivity index (χ2v) is 8.36. The zero-order valence-electron chi connectivity index (χ0n) is 15.7. The van der Waals surface area contributed by atoms with Gasteiger partial charge in [-0.1, -0.05) is 38.0 Å². The third-order valence-electron chi connectivity index (χ3n) is 4.46. The van der Waals surface area contributed by atoms with Crippen LogP contribution in [0.4, 0.5) is 10.1 Å². The van der Waals surface area contributed by atoms with Crippen molar-refractivity contribution in [2.45, 2.75) is 44.0 Å². The molecule has 1 aliphatic rings. The maximum absolute atomic E-state index is 14.0. The Morgan fingerprint density at radius 2 is 2.00 bits per heavy atom. The maximum atomic E-state index is 14.0. The van der Waals surface area contributed by atoms with Crippen LogP contribution in [0.25, 0.3) is 0 Å². The number of fused-ring (bicyclic) bond motifs is 1. The van der Waals surface area contributed by atoms with Crippen LogP contribution in [0.3, 0.4) is 0 Å². The van der Waals surface area contributed by atoms with Crippen molar-refractivity contribution in [2.24, 2.45) is 4.99 Å². The predicted molar refractivity (Wildman–Crippen MR) is 106 cm³/mol. The quantitative estimate of drug-likeness (QED) is 0.775. The smallest absolute Gasteiger partial charge is 0.263 e. The van der Waals surface area contributed by atoms with Crippen LogP contribution in [0.2, 0.25) is 0 Å². The van der Waals surface area contributed by atoms with Crippen molar-refractivity contribution in [3.63, 3.8) is 0 Å². The Morgan fingerprint density at radius 3 is 2.75 bits per heavy atom. The number of nitrogens with zero attached hydrogens (tertiary/aromatic N) is 1. The number of nitrogens with one attached hydrogen (secondary N) is 2. The summed E-state index contributed by atoms with van der Waals surface area (Å²) in [5, 5.41) is 2.58. The summed E-state index contributed by atoms with van der Waals surface area (Å²) >= 11 is 0. The summed E-state index contributed by atoms with van der Waals surface area (Å²) in [7, 11) is -3.69. The van der Waals surface area contributed by atoms with Gasteiger partial charge in [-0.3, -0.25) is 14.5 Å². The number of amides is 1. The lowest BCUT2D eigenvalue weighted by atomic mass is 10.1. The number of aliphatic imine (C=N–C) groups is 1. The van der Waals surface area contributed by atoms with Crippen molar-refractivity contribution in [1.29, 1.82) is 0 Å². The minimum Gasteiger partial charge on any atom is -0.322 e. The number of amidine groups is 1. The molecule has 2 aromatic rings. The zero-order chi connectivity index (χ0) is 20.3. The fraction of sp³-hybridized carbons (Fsp3) is 0.300. The highest BCUT2D eigenvalue weighted by atomic mass is 32.2. The molecule has 0 spiro atoms. The number of benzene rings is 2. The van der Waals surface area contributed by atoms with E-state index in [9.17, 15) is 17.6 Å². The highest BCUT2D eigenvalue weighted by Gasteiger charge is 2.31. The van der Waals surface area contributed by atoms with Gasteiger partial charge >= 0.3 is 0 Å².